The molecule has 9 nitrogen and oxygen atoms in total. The predicted molar refractivity (Wildman–Crippen MR) is 104 cm³/mol. The fourth-order valence-electron chi connectivity index (χ4n) is 3.54. The van der Waals surface area contributed by atoms with Gasteiger partial charge in [-0.25, -0.2) is 13.4 Å². The fourth-order valence-corrected chi connectivity index (χ4v) is 4.72. The number of hydrogen-bond donors (Lipinski definition) is 1. The van der Waals surface area contributed by atoms with Crippen LogP contribution in [0.1, 0.15) is 41.9 Å². The highest BCUT2D eigenvalue weighted by molar-refractivity contribution is 7.91. The maximum absolute atomic E-state index is 12.6. The summed E-state index contributed by atoms with van der Waals surface area (Å²) in [4.78, 5) is 27.6. The van der Waals surface area contributed by atoms with E-state index in [1.807, 2.05) is 0 Å². The van der Waals surface area contributed by atoms with Crippen LogP contribution in [-0.4, -0.2) is 46.2 Å². The Morgan fingerprint density at radius 1 is 1.36 bits per heavy atom. The van der Waals surface area contributed by atoms with Crippen molar-refractivity contribution in [3.05, 3.63) is 52.1 Å². The normalized spacial score (nSPS) is 19.9. The minimum Gasteiger partial charge on any atom is -0.377 e. The number of ketones is 1. The molecule has 1 N–H and O–H groups in total. The number of carbonyl (C=O) groups excluding carboxylic acids is 1. The van der Waals surface area contributed by atoms with Gasteiger partial charge in [0.05, 0.1) is 10.2 Å². The number of nitrogens with one attached hydrogen (secondary N) is 1. The van der Waals surface area contributed by atoms with Gasteiger partial charge in [0.25, 0.3) is 5.69 Å². The summed E-state index contributed by atoms with van der Waals surface area (Å²) >= 11 is 0. The van der Waals surface area contributed by atoms with Crippen molar-refractivity contribution in [2.45, 2.75) is 37.0 Å². The van der Waals surface area contributed by atoms with Gasteiger partial charge in [-0.3, -0.25) is 14.9 Å². The zero-order chi connectivity index (χ0) is 20.5. The number of sulfone groups is 1. The van der Waals surface area contributed by atoms with Crippen LogP contribution in [-0.2, 0) is 16.9 Å². The third-order valence-electron chi connectivity index (χ3n) is 5.07. The summed E-state index contributed by atoms with van der Waals surface area (Å²) in [6.07, 6.45) is 6.81. The zero-order valence-corrected chi connectivity index (χ0v) is 16.5. The number of aromatic nitrogens is 2. The summed E-state index contributed by atoms with van der Waals surface area (Å²) < 4.78 is 25.2. The number of aryl methyl sites for hydroxylation is 1. The van der Waals surface area contributed by atoms with Crippen LogP contribution in [0.4, 0.5) is 11.4 Å². The molecule has 0 aliphatic heterocycles. The van der Waals surface area contributed by atoms with Crippen molar-refractivity contribution in [3.8, 4) is 0 Å². The van der Waals surface area contributed by atoms with E-state index in [0.717, 1.165) is 12.8 Å². The average molecular weight is 406 g/mol. The van der Waals surface area contributed by atoms with Crippen molar-refractivity contribution in [2.75, 3.05) is 11.6 Å². The van der Waals surface area contributed by atoms with Crippen molar-refractivity contribution in [1.29, 1.82) is 0 Å². The van der Waals surface area contributed by atoms with Gasteiger partial charge in [0.1, 0.15) is 15.5 Å². The average Bonchev–Trinajstić information content (AvgIpc) is 3.06. The molecule has 0 amide bonds. The largest absolute Gasteiger partial charge is 0.377 e. The Morgan fingerprint density at radius 2 is 2.11 bits per heavy atom. The van der Waals surface area contributed by atoms with Gasteiger partial charge in [-0.15, -0.1) is 0 Å². The Morgan fingerprint density at radius 3 is 2.71 bits per heavy atom. The number of nitro benzene ring substituents is 1. The summed E-state index contributed by atoms with van der Waals surface area (Å²) in [5.74, 6) is -0.213. The molecule has 2 aromatic rings. The smallest absolute Gasteiger partial charge is 0.293 e. The van der Waals surface area contributed by atoms with Crippen LogP contribution in [0.3, 0.4) is 0 Å². The van der Waals surface area contributed by atoms with Crippen LogP contribution in [0, 0.1) is 10.1 Å². The zero-order valence-electron chi connectivity index (χ0n) is 15.7. The molecule has 1 aromatic heterocycles. The second-order valence-electron chi connectivity index (χ2n) is 7.14. The van der Waals surface area contributed by atoms with Gasteiger partial charge in [0.2, 0.25) is 5.78 Å². The topological polar surface area (TPSA) is 124 Å². The SMILES string of the molecule is Cn1ccnc1C(=O)c1ccc(NC2CCCC(S(C)(=O)=O)C2)c([N+](=O)[O-])c1. The van der Waals surface area contributed by atoms with Gasteiger partial charge in [-0.2, -0.15) is 0 Å². The van der Waals surface area contributed by atoms with Crippen LogP contribution < -0.4 is 5.32 Å². The first-order valence-electron chi connectivity index (χ1n) is 8.92. The van der Waals surface area contributed by atoms with E-state index in [2.05, 4.69) is 10.3 Å². The number of benzene rings is 1. The van der Waals surface area contributed by atoms with Crippen molar-refractivity contribution in [3.63, 3.8) is 0 Å². The van der Waals surface area contributed by atoms with Crippen LogP contribution >= 0.6 is 0 Å². The van der Waals surface area contributed by atoms with E-state index < -0.39 is 25.8 Å². The quantitative estimate of drug-likeness (QED) is 0.443. The molecular weight excluding hydrogens is 384 g/mol. The molecule has 28 heavy (non-hydrogen) atoms. The fraction of sp³-hybridized carbons (Fsp3) is 0.444. The van der Waals surface area contributed by atoms with Gasteiger partial charge >= 0.3 is 0 Å². The van der Waals surface area contributed by atoms with E-state index in [-0.39, 0.29) is 28.8 Å². The minimum atomic E-state index is -3.15. The summed E-state index contributed by atoms with van der Waals surface area (Å²) in [5.41, 5.74) is 0.228. The van der Waals surface area contributed by atoms with Crippen LogP contribution in [0.2, 0.25) is 0 Å². The predicted octanol–water partition coefficient (Wildman–Crippen LogP) is 2.33. The first kappa shape index (κ1) is 20.0. The van der Waals surface area contributed by atoms with E-state index in [0.29, 0.717) is 12.8 Å². The van der Waals surface area contributed by atoms with Crippen LogP contribution in [0.25, 0.3) is 0 Å². The number of nitrogens with zero attached hydrogens (tertiary/aromatic N) is 3. The van der Waals surface area contributed by atoms with E-state index in [1.165, 1.54) is 30.7 Å². The molecule has 2 unspecified atom stereocenters. The second kappa shape index (κ2) is 7.70. The number of carbonyl (C=O) groups is 1. The molecule has 1 aliphatic rings. The molecular formula is C18H22N4O5S. The van der Waals surface area contributed by atoms with Gasteiger partial charge in [0.15, 0.2) is 5.82 Å². The summed E-state index contributed by atoms with van der Waals surface area (Å²) in [6.45, 7) is 0. The first-order chi connectivity index (χ1) is 13.2. The molecule has 0 radical (unpaired) electrons. The molecule has 10 heteroatoms. The lowest BCUT2D eigenvalue weighted by molar-refractivity contribution is -0.384. The molecule has 1 heterocycles. The number of rotatable bonds is 6. The molecule has 1 aromatic carbocycles. The third-order valence-corrected chi connectivity index (χ3v) is 6.71. The number of imidazole rings is 1. The molecule has 1 fully saturated rings. The van der Waals surface area contributed by atoms with E-state index >= 15 is 0 Å². The van der Waals surface area contributed by atoms with Crippen LogP contribution in [0.15, 0.2) is 30.6 Å². The maximum atomic E-state index is 12.6. The molecule has 150 valence electrons. The van der Waals surface area contributed by atoms with Gasteiger partial charge in [0, 0.05) is 43.4 Å². The molecule has 0 spiro atoms. The highest BCUT2D eigenvalue weighted by atomic mass is 32.2. The van der Waals surface area contributed by atoms with Crippen molar-refractivity contribution in [1.82, 2.24) is 9.55 Å². The minimum absolute atomic E-state index is 0.171. The lowest BCUT2D eigenvalue weighted by atomic mass is 9.94. The Hall–Kier alpha value is -2.75. The molecule has 1 saturated carbocycles. The number of nitro groups is 1. The lowest BCUT2D eigenvalue weighted by Gasteiger charge is -2.29. The Bertz CT molecular complexity index is 1010. The first-order valence-corrected chi connectivity index (χ1v) is 10.9. The molecule has 3 rings (SSSR count). The standard InChI is InChI=1S/C18H22N4O5S/c1-21-9-8-19-18(21)17(23)12-6-7-15(16(10-12)22(24)25)20-13-4-3-5-14(11-13)28(2,26)27/h6-10,13-14,20H,3-5,11H2,1-2H3. The Labute approximate surface area is 162 Å². The van der Waals surface area contributed by atoms with E-state index in [9.17, 15) is 23.3 Å². The van der Waals surface area contributed by atoms with Crippen molar-refractivity contribution >= 4 is 27.0 Å². The van der Waals surface area contributed by atoms with Gasteiger partial charge in [-0.05, 0) is 31.4 Å². The Balaban J connectivity index is 1.85. The molecule has 0 bridgehead atoms. The summed E-state index contributed by atoms with van der Waals surface area (Å²) in [6, 6.07) is 4.07. The molecule has 2 atom stereocenters. The van der Waals surface area contributed by atoms with Gasteiger partial charge in [-0.1, -0.05) is 6.42 Å². The third kappa shape index (κ3) is 4.22. The lowest BCUT2D eigenvalue weighted by Crippen LogP contribution is -2.34. The molecule has 1 aliphatic carbocycles. The second-order valence-corrected chi connectivity index (χ2v) is 9.47. The summed E-state index contributed by atoms with van der Waals surface area (Å²) in [5, 5.41) is 14.2. The van der Waals surface area contributed by atoms with Crippen LogP contribution in [0.5, 0.6) is 0 Å². The van der Waals surface area contributed by atoms with E-state index in [1.54, 1.807) is 17.8 Å². The van der Waals surface area contributed by atoms with Crippen molar-refractivity contribution < 1.29 is 18.1 Å². The molecule has 0 saturated heterocycles. The highest BCUT2D eigenvalue weighted by Crippen LogP contribution is 2.31. The Kier molecular flexibility index (Phi) is 5.50. The van der Waals surface area contributed by atoms with Crippen molar-refractivity contribution in [2.24, 2.45) is 7.05 Å². The maximum Gasteiger partial charge on any atom is 0.293 e. The van der Waals surface area contributed by atoms with Gasteiger partial charge < -0.3 is 9.88 Å². The monoisotopic (exact) mass is 406 g/mol. The summed E-state index contributed by atoms with van der Waals surface area (Å²) in [7, 11) is -1.48. The highest BCUT2D eigenvalue weighted by Gasteiger charge is 2.30. The van der Waals surface area contributed by atoms with E-state index in [4.69, 9.17) is 0 Å². The number of anilines is 1. The number of hydrogen-bond acceptors (Lipinski definition) is 7.